The molecule has 1 unspecified atom stereocenters. The number of nitro groups is 1. The van der Waals surface area contributed by atoms with Crippen LogP contribution in [0.1, 0.15) is 10.4 Å². The Hall–Kier alpha value is -2.42. The lowest BCUT2D eigenvalue weighted by molar-refractivity contribution is -0.510. The maximum Gasteiger partial charge on any atom is 0.373 e. The van der Waals surface area contributed by atoms with Gasteiger partial charge in [-0.2, -0.15) is 5.26 Å². The van der Waals surface area contributed by atoms with Crippen LogP contribution in [0.2, 0.25) is 0 Å². The van der Waals surface area contributed by atoms with Gasteiger partial charge in [-0.3, -0.25) is 20.2 Å². The molecular formula is C9H7N3O3. The molecule has 1 aromatic carbocycles. The second-order valence-corrected chi connectivity index (χ2v) is 2.66. The number of hydrogen-bond donors (Lipinski definition) is 1. The third-order valence-corrected chi connectivity index (χ3v) is 1.64. The van der Waals surface area contributed by atoms with Crippen LogP contribution in [0.3, 0.4) is 0 Å². The van der Waals surface area contributed by atoms with Crippen LogP contribution in [-0.2, 0) is 0 Å². The lowest BCUT2D eigenvalue weighted by Gasteiger charge is -2.04. The van der Waals surface area contributed by atoms with Crippen molar-refractivity contribution in [2.45, 2.75) is 6.17 Å². The van der Waals surface area contributed by atoms with E-state index in [2.05, 4.69) is 0 Å². The van der Waals surface area contributed by atoms with E-state index in [0.717, 1.165) is 0 Å². The second-order valence-electron chi connectivity index (χ2n) is 2.66. The summed E-state index contributed by atoms with van der Waals surface area (Å²) in [5.74, 6) is -0.640. The number of nitrogens with one attached hydrogen (secondary N) is 1. The van der Waals surface area contributed by atoms with E-state index in [9.17, 15) is 14.9 Å². The minimum absolute atomic E-state index is 0.277. The fraction of sp³-hybridized carbons (Fsp3) is 0.111. The molecule has 0 radical (unpaired) electrons. The molecule has 1 atom stereocenters. The van der Waals surface area contributed by atoms with Crippen molar-refractivity contribution >= 4 is 5.91 Å². The summed E-state index contributed by atoms with van der Waals surface area (Å²) in [5, 5.41) is 20.6. The Bertz CT molecular complexity index is 410. The minimum Gasteiger partial charge on any atom is -0.277 e. The average molecular weight is 205 g/mol. The molecule has 0 aliphatic heterocycles. The summed E-state index contributed by atoms with van der Waals surface area (Å²) in [5.41, 5.74) is 0.277. The third kappa shape index (κ3) is 2.77. The summed E-state index contributed by atoms with van der Waals surface area (Å²) < 4.78 is 0. The average Bonchev–Trinajstić information content (AvgIpc) is 2.26. The van der Waals surface area contributed by atoms with Gasteiger partial charge in [-0.05, 0) is 12.1 Å². The van der Waals surface area contributed by atoms with Gasteiger partial charge in [-0.15, -0.1) is 0 Å². The van der Waals surface area contributed by atoms with Crippen LogP contribution >= 0.6 is 0 Å². The van der Waals surface area contributed by atoms with E-state index in [-0.39, 0.29) is 5.56 Å². The van der Waals surface area contributed by atoms with E-state index in [1.165, 1.54) is 18.2 Å². The van der Waals surface area contributed by atoms with E-state index >= 15 is 0 Å². The van der Waals surface area contributed by atoms with Crippen LogP contribution in [0.25, 0.3) is 0 Å². The molecule has 15 heavy (non-hydrogen) atoms. The fourth-order valence-corrected chi connectivity index (χ4v) is 0.929. The van der Waals surface area contributed by atoms with Crippen LogP contribution in [0.15, 0.2) is 30.3 Å². The molecule has 1 aromatic rings. The summed E-state index contributed by atoms with van der Waals surface area (Å²) in [6.07, 6.45) is -1.71. The first-order chi connectivity index (χ1) is 7.15. The largest absolute Gasteiger partial charge is 0.373 e. The smallest absolute Gasteiger partial charge is 0.277 e. The van der Waals surface area contributed by atoms with Crippen molar-refractivity contribution in [3.63, 3.8) is 0 Å². The Morgan fingerprint density at radius 3 is 2.53 bits per heavy atom. The molecule has 1 rings (SSSR count). The van der Waals surface area contributed by atoms with Crippen molar-refractivity contribution in [1.29, 1.82) is 5.26 Å². The van der Waals surface area contributed by atoms with Gasteiger partial charge in [0.15, 0.2) is 6.07 Å². The molecule has 0 aromatic heterocycles. The lowest BCUT2D eigenvalue weighted by Crippen LogP contribution is -2.39. The molecule has 0 fully saturated rings. The molecule has 0 spiro atoms. The first-order valence-electron chi connectivity index (χ1n) is 4.04. The Morgan fingerprint density at radius 1 is 1.47 bits per heavy atom. The molecule has 76 valence electrons. The minimum atomic E-state index is -1.71. The normalized spacial score (nSPS) is 11.1. The van der Waals surface area contributed by atoms with Crippen LogP contribution in [0.5, 0.6) is 0 Å². The van der Waals surface area contributed by atoms with Crippen molar-refractivity contribution < 1.29 is 9.72 Å². The zero-order chi connectivity index (χ0) is 11.3. The lowest BCUT2D eigenvalue weighted by atomic mass is 10.2. The van der Waals surface area contributed by atoms with E-state index < -0.39 is 17.0 Å². The van der Waals surface area contributed by atoms with E-state index in [0.29, 0.717) is 0 Å². The van der Waals surface area contributed by atoms with Crippen LogP contribution in [0.4, 0.5) is 0 Å². The van der Waals surface area contributed by atoms with E-state index in [1.807, 2.05) is 5.32 Å². The van der Waals surface area contributed by atoms with Gasteiger partial charge in [0.05, 0.1) is 4.92 Å². The zero-order valence-electron chi connectivity index (χ0n) is 7.58. The van der Waals surface area contributed by atoms with Crippen molar-refractivity contribution in [1.82, 2.24) is 5.32 Å². The van der Waals surface area contributed by atoms with Gasteiger partial charge in [0.2, 0.25) is 0 Å². The predicted octanol–water partition coefficient (Wildman–Crippen LogP) is 0.543. The standard InChI is InChI=1S/C9H7N3O3/c10-6-8(12(14)15)11-9(13)7-4-2-1-3-5-7/h1-5,8H,(H,11,13). The van der Waals surface area contributed by atoms with Crippen molar-refractivity contribution in [3.8, 4) is 6.07 Å². The van der Waals surface area contributed by atoms with E-state index in [4.69, 9.17) is 5.26 Å². The van der Waals surface area contributed by atoms with Crippen molar-refractivity contribution in [2.24, 2.45) is 0 Å². The molecule has 0 saturated carbocycles. The summed E-state index contributed by atoms with van der Waals surface area (Å²) in [6.45, 7) is 0. The summed E-state index contributed by atoms with van der Waals surface area (Å²) in [4.78, 5) is 20.8. The van der Waals surface area contributed by atoms with Crippen LogP contribution < -0.4 is 5.32 Å². The molecule has 1 N–H and O–H groups in total. The molecule has 0 heterocycles. The highest BCUT2D eigenvalue weighted by Crippen LogP contribution is 1.98. The van der Waals surface area contributed by atoms with Gasteiger partial charge < -0.3 is 0 Å². The molecule has 0 saturated heterocycles. The Morgan fingerprint density at radius 2 is 2.07 bits per heavy atom. The van der Waals surface area contributed by atoms with Crippen LogP contribution in [0, 0.1) is 21.4 Å². The summed E-state index contributed by atoms with van der Waals surface area (Å²) in [6, 6.07) is 9.35. The molecular weight excluding hydrogens is 198 g/mol. The molecule has 6 heteroatoms. The number of hydrogen-bond acceptors (Lipinski definition) is 4. The van der Waals surface area contributed by atoms with Gasteiger partial charge in [0, 0.05) is 5.56 Å². The summed E-state index contributed by atoms with van der Waals surface area (Å²) in [7, 11) is 0. The van der Waals surface area contributed by atoms with E-state index in [1.54, 1.807) is 18.2 Å². The maximum absolute atomic E-state index is 11.4. The highest BCUT2D eigenvalue weighted by Gasteiger charge is 2.21. The second kappa shape index (κ2) is 4.72. The highest BCUT2D eigenvalue weighted by molar-refractivity contribution is 5.94. The topological polar surface area (TPSA) is 96.0 Å². The van der Waals surface area contributed by atoms with Crippen LogP contribution in [-0.4, -0.2) is 17.0 Å². The van der Waals surface area contributed by atoms with Gasteiger partial charge in [0.25, 0.3) is 5.91 Å². The SMILES string of the molecule is N#CC(NC(=O)c1ccccc1)[N+](=O)[O-]. The van der Waals surface area contributed by atoms with Crippen molar-refractivity contribution in [3.05, 3.63) is 46.0 Å². The Balaban J connectivity index is 2.73. The number of rotatable bonds is 3. The summed E-state index contributed by atoms with van der Waals surface area (Å²) >= 11 is 0. The molecule has 0 aliphatic carbocycles. The number of benzene rings is 1. The number of nitrogens with zero attached hydrogens (tertiary/aromatic N) is 2. The van der Waals surface area contributed by atoms with Gasteiger partial charge in [-0.1, -0.05) is 18.2 Å². The van der Waals surface area contributed by atoms with Gasteiger partial charge in [0.1, 0.15) is 0 Å². The molecule has 0 bridgehead atoms. The quantitative estimate of drug-likeness (QED) is 0.442. The fourth-order valence-electron chi connectivity index (χ4n) is 0.929. The number of amides is 1. The maximum atomic E-state index is 11.4. The zero-order valence-corrected chi connectivity index (χ0v) is 7.58. The van der Waals surface area contributed by atoms with Crippen molar-refractivity contribution in [2.75, 3.05) is 0 Å². The Kier molecular flexibility index (Phi) is 3.35. The van der Waals surface area contributed by atoms with Gasteiger partial charge in [-0.25, -0.2) is 0 Å². The highest BCUT2D eigenvalue weighted by atomic mass is 16.6. The number of nitriles is 1. The molecule has 6 nitrogen and oxygen atoms in total. The predicted molar refractivity (Wildman–Crippen MR) is 50.3 cm³/mol. The first-order valence-corrected chi connectivity index (χ1v) is 4.04. The van der Waals surface area contributed by atoms with Gasteiger partial charge >= 0.3 is 6.17 Å². The molecule has 1 amide bonds. The number of carbonyl (C=O) groups is 1. The monoisotopic (exact) mass is 205 g/mol. The third-order valence-electron chi connectivity index (χ3n) is 1.64. The molecule has 0 aliphatic rings. The Labute approximate surface area is 85.3 Å². The first kappa shape index (κ1) is 10.7. The number of carbonyl (C=O) groups excluding carboxylic acids is 1.